The van der Waals surface area contributed by atoms with Gasteiger partial charge in [-0.25, -0.2) is 5.43 Å². The Hall–Kier alpha value is -1.88. The predicted molar refractivity (Wildman–Crippen MR) is 83.5 cm³/mol. The number of rotatable bonds is 2. The van der Waals surface area contributed by atoms with E-state index in [0.29, 0.717) is 5.56 Å². The number of hydrogen-bond acceptors (Lipinski definition) is 4. The number of benzene rings is 1. The van der Waals surface area contributed by atoms with Gasteiger partial charge in [0.2, 0.25) is 0 Å². The fraction of sp³-hybridized carbons (Fsp3) is 0.500. The molecule has 5 nitrogen and oxygen atoms in total. The van der Waals surface area contributed by atoms with Crippen molar-refractivity contribution in [1.29, 1.82) is 0 Å². The molecule has 1 aliphatic rings. The molecule has 1 saturated heterocycles. The van der Waals surface area contributed by atoms with Crippen molar-refractivity contribution in [3.63, 3.8) is 0 Å². The third-order valence-corrected chi connectivity index (χ3v) is 3.41. The van der Waals surface area contributed by atoms with Crippen molar-refractivity contribution in [2.24, 2.45) is 5.10 Å². The minimum absolute atomic E-state index is 0.0378. The van der Waals surface area contributed by atoms with Crippen molar-refractivity contribution in [3.05, 3.63) is 29.8 Å². The van der Waals surface area contributed by atoms with Crippen molar-refractivity contribution >= 4 is 11.6 Å². The summed E-state index contributed by atoms with van der Waals surface area (Å²) in [7, 11) is 0. The second-order valence-electron chi connectivity index (χ2n) is 6.91. The van der Waals surface area contributed by atoms with Crippen molar-refractivity contribution in [2.75, 3.05) is 0 Å². The van der Waals surface area contributed by atoms with E-state index in [4.69, 9.17) is 0 Å². The van der Waals surface area contributed by atoms with Crippen LogP contribution in [0.1, 0.15) is 50.9 Å². The van der Waals surface area contributed by atoms with Crippen LogP contribution in [0.25, 0.3) is 0 Å². The first-order valence-electron chi connectivity index (χ1n) is 7.11. The lowest BCUT2D eigenvalue weighted by atomic mass is 9.81. The van der Waals surface area contributed by atoms with Crippen LogP contribution in [0, 0.1) is 0 Å². The third-order valence-electron chi connectivity index (χ3n) is 3.41. The van der Waals surface area contributed by atoms with Gasteiger partial charge in [-0.3, -0.25) is 4.79 Å². The molecular formula is C16H23N3O2. The van der Waals surface area contributed by atoms with Gasteiger partial charge in [-0.15, -0.1) is 0 Å². The molecule has 0 aromatic heterocycles. The maximum absolute atomic E-state index is 12.0. The number of nitrogens with zero attached hydrogens (tertiary/aromatic N) is 1. The number of carbonyl (C=O) groups is 1. The molecule has 0 aliphatic carbocycles. The average molecular weight is 289 g/mol. The Morgan fingerprint density at radius 1 is 1.14 bits per heavy atom. The molecule has 0 spiro atoms. The van der Waals surface area contributed by atoms with Crippen LogP contribution in [0.4, 0.5) is 0 Å². The Balaban J connectivity index is 2.06. The first kappa shape index (κ1) is 15.5. The number of aromatic hydroxyl groups is 1. The van der Waals surface area contributed by atoms with E-state index >= 15 is 0 Å². The summed E-state index contributed by atoms with van der Waals surface area (Å²) in [4.78, 5) is 12.0. The Labute approximate surface area is 125 Å². The third kappa shape index (κ3) is 4.29. The van der Waals surface area contributed by atoms with Gasteiger partial charge in [-0.2, -0.15) is 5.10 Å². The molecule has 0 atom stereocenters. The lowest BCUT2D eigenvalue weighted by Crippen LogP contribution is -2.58. The summed E-state index contributed by atoms with van der Waals surface area (Å²) in [6, 6.07) is 6.11. The summed E-state index contributed by atoms with van der Waals surface area (Å²) >= 11 is 0. The molecule has 1 amide bonds. The van der Waals surface area contributed by atoms with E-state index in [2.05, 4.69) is 43.5 Å². The summed E-state index contributed by atoms with van der Waals surface area (Å²) in [6.45, 7) is 8.52. The van der Waals surface area contributed by atoms with Crippen molar-refractivity contribution in [2.45, 2.75) is 51.6 Å². The first-order chi connectivity index (χ1) is 9.67. The van der Waals surface area contributed by atoms with Crippen LogP contribution in [0.5, 0.6) is 5.75 Å². The normalized spacial score (nSPS) is 19.9. The van der Waals surface area contributed by atoms with E-state index in [1.807, 2.05) is 0 Å². The van der Waals surface area contributed by atoms with Gasteiger partial charge in [0, 0.05) is 35.2 Å². The summed E-state index contributed by atoms with van der Waals surface area (Å²) in [5.74, 6) is -0.128. The fourth-order valence-electron chi connectivity index (χ4n) is 2.97. The van der Waals surface area contributed by atoms with E-state index in [9.17, 15) is 9.90 Å². The van der Waals surface area contributed by atoms with E-state index in [0.717, 1.165) is 18.6 Å². The fourth-order valence-corrected chi connectivity index (χ4v) is 2.97. The van der Waals surface area contributed by atoms with Crippen LogP contribution in [-0.4, -0.2) is 27.8 Å². The number of hydrogen-bond donors (Lipinski definition) is 3. The number of phenols is 1. The van der Waals surface area contributed by atoms with Gasteiger partial charge < -0.3 is 10.4 Å². The Bertz CT molecular complexity index is 541. The van der Waals surface area contributed by atoms with Crippen LogP contribution >= 0.6 is 0 Å². The molecule has 0 unspecified atom stereocenters. The van der Waals surface area contributed by atoms with E-state index < -0.39 is 0 Å². The topological polar surface area (TPSA) is 73.7 Å². The van der Waals surface area contributed by atoms with Gasteiger partial charge in [0.25, 0.3) is 5.91 Å². The molecule has 1 aromatic rings. The number of nitrogens with one attached hydrogen (secondary N) is 2. The highest BCUT2D eigenvalue weighted by atomic mass is 16.3. The Morgan fingerprint density at radius 3 is 2.19 bits per heavy atom. The maximum Gasteiger partial charge on any atom is 0.271 e. The van der Waals surface area contributed by atoms with Crippen LogP contribution in [0.15, 0.2) is 29.4 Å². The molecule has 3 N–H and O–H groups in total. The number of phenolic OH excluding ortho intramolecular Hbond substituents is 1. The summed E-state index contributed by atoms with van der Waals surface area (Å²) in [5.41, 5.74) is 3.99. The van der Waals surface area contributed by atoms with Gasteiger partial charge >= 0.3 is 0 Å². The van der Waals surface area contributed by atoms with E-state index in [1.165, 1.54) is 12.1 Å². The smallest absolute Gasteiger partial charge is 0.271 e. The molecule has 1 fully saturated rings. The number of hydrazone groups is 1. The molecule has 21 heavy (non-hydrogen) atoms. The average Bonchev–Trinajstić information content (AvgIpc) is 2.33. The van der Waals surface area contributed by atoms with Crippen LogP contribution in [0.3, 0.4) is 0 Å². The van der Waals surface area contributed by atoms with E-state index in [1.54, 1.807) is 12.1 Å². The lowest BCUT2D eigenvalue weighted by Gasteiger charge is -2.43. The zero-order valence-electron chi connectivity index (χ0n) is 13.0. The lowest BCUT2D eigenvalue weighted by molar-refractivity contribution is 0.0953. The molecule has 0 saturated carbocycles. The zero-order valence-corrected chi connectivity index (χ0v) is 13.0. The highest BCUT2D eigenvalue weighted by Crippen LogP contribution is 2.26. The SMILES string of the molecule is CC1(C)CC(=NNC(=O)c2ccc(O)cc2)CC(C)(C)N1. The first-order valence-corrected chi connectivity index (χ1v) is 7.11. The molecule has 1 heterocycles. The molecule has 0 radical (unpaired) electrons. The van der Waals surface area contributed by atoms with Crippen molar-refractivity contribution < 1.29 is 9.90 Å². The number of carbonyl (C=O) groups excluding carboxylic acids is 1. The molecule has 114 valence electrons. The van der Waals surface area contributed by atoms with E-state index in [-0.39, 0.29) is 22.7 Å². The quantitative estimate of drug-likeness (QED) is 0.732. The summed E-state index contributed by atoms with van der Waals surface area (Å²) in [6.07, 6.45) is 1.60. The van der Waals surface area contributed by atoms with Crippen LogP contribution < -0.4 is 10.7 Å². The largest absolute Gasteiger partial charge is 0.508 e. The van der Waals surface area contributed by atoms with Gasteiger partial charge in [0.1, 0.15) is 5.75 Å². The minimum atomic E-state index is -0.267. The second kappa shape index (κ2) is 5.48. The molecule has 5 heteroatoms. The molecule has 0 bridgehead atoms. The molecule has 2 rings (SSSR count). The highest BCUT2D eigenvalue weighted by molar-refractivity contribution is 5.96. The van der Waals surface area contributed by atoms with Crippen molar-refractivity contribution in [1.82, 2.24) is 10.7 Å². The van der Waals surface area contributed by atoms with Crippen molar-refractivity contribution in [3.8, 4) is 5.75 Å². The summed E-state index contributed by atoms with van der Waals surface area (Å²) in [5, 5.41) is 17.1. The highest BCUT2D eigenvalue weighted by Gasteiger charge is 2.35. The number of amides is 1. The number of piperidine rings is 1. The standard InChI is InChI=1S/C16H23N3O2/c1-15(2)9-12(10-16(3,4)19-15)17-18-14(21)11-5-7-13(20)8-6-11/h5-8,19-20H,9-10H2,1-4H3,(H,18,21). The minimum Gasteiger partial charge on any atom is -0.508 e. The Morgan fingerprint density at radius 2 is 1.67 bits per heavy atom. The van der Waals surface area contributed by atoms with Crippen LogP contribution in [-0.2, 0) is 0 Å². The molecular weight excluding hydrogens is 266 g/mol. The monoisotopic (exact) mass is 289 g/mol. The van der Waals surface area contributed by atoms with Gasteiger partial charge in [0.15, 0.2) is 0 Å². The zero-order chi connectivity index (χ0) is 15.7. The molecule has 1 aromatic carbocycles. The van der Waals surface area contributed by atoms with Gasteiger partial charge in [-0.1, -0.05) is 0 Å². The van der Waals surface area contributed by atoms with Gasteiger partial charge in [-0.05, 0) is 52.0 Å². The second-order valence-corrected chi connectivity index (χ2v) is 6.91. The maximum atomic E-state index is 12.0. The van der Waals surface area contributed by atoms with Gasteiger partial charge in [0.05, 0.1) is 0 Å². The Kier molecular flexibility index (Phi) is 4.05. The van der Waals surface area contributed by atoms with Crippen LogP contribution in [0.2, 0.25) is 0 Å². The summed E-state index contributed by atoms with van der Waals surface area (Å²) < 4.78 is 0. The predicted octanol–water partition coefficient (Wildman–Crippen LogP) is 2.42. The molecule has 1 aliphatic heterocycles.